The highest BCUT2D eigenvalue weighted by Crippen LogP contribution is 2.31. The summed E-state index contributed by atoms with van der Waals surface area (Å²) in [5.41, 5.74) is 4.84. The SMILES string of the molecule is NC(CCO)c1ccc(C(F)(F)F)nc1Cl. The molecule has 0 bridgehead atoms. The average molecular weight is 255 g/mol. The second-order valence-corrected chi connectivity index (χ2v) is 3.55. The molecule has 1 rings (SSSR count). The van der Waals surface area contributed by atoms with E-state index >= 15 is 0 Å². The van der Waals surface area contributed by atoms with E-state index < -0.39 is 17.9 Å². The van der Waals surface area contributed by atoms with Gasteiger partial charge in [0, 0.05) is 18.2 Å². The molecule has 1 aromatic rings. The van der Waals surface area contributed by atoms with Crippen LogP contribution in [-0.2, 0) is 6.18 Å². The molecule has 0 aliphatic carbocycles. The smallest absolute Gasteiger partial charge is 0.396 e. The van der Waals surface area contributed by atoms with Crippen LogP contribution in [0.3, 0.4) is 0 Å². The third-order valence-corrected chi connectivity index (χ3v) is 2.31. The maximum atomic E-state index is 12.3. The Morgan fingerprint density at radius 3 is 2.50 bits per heavy atom. The number of pyridine rings is 1. The Morgan fingerprint density at radius 1 is 1.44 bits per heavy atom. The molecule has 16 heavy (non-hydrogen) atoms. The second kappa shape index (κ2) is 4.99. The van der Waals surface area contributed by atoms with Crippen LogP contribution in [0, 0.1) is 0 Å². The maximum absolute atomic E-state index is 12.3. The average Bonchev–Trinajstić information content (AvgIpc) is 2.16. The topological polar surface area (TPSA) is 59.1 Å². The van der Waals surface area contributed by atoms with Crippen molar-refractivity contribution < 1.29 is 18.3 Å². The van der Waals surface area contributed by atoms with Crippen molar-refractivity contribution in [1.29, 1.82) is 0 Å². The summed E-state index contributed by atoms with van der Waals surface area (Å²) in [6, 6.07) is 1.38. The quantitative estimate of drug-likeness (QED) is 0.813. The molecular weight excluding hydrogens is 245 g/mol. The van der Waals surface area contributed by atoms with E-state index in [1.807, 2.05) is 0 Å². The molecule has 1 unspecified atom stereocenters. The van der Waals surface area contributed by atoms with Crippen LogP contribution in [0.1, 0.15) is 23.7 Å². The lowest BCUT2D eigenvalue weighted by molar-refractivity contribution is -0.141. The number of hydrogen-bond acceptors (Lipinski definition) is 3. The van der Waals surface area contributed by atoms with Crippen LogP contribution in [0.25, 0.3) is 0 Å². The monoisotopic (exact) mass is 254 g/mol. The number of alkyl halides is 3. The Hall–Kier alpha value is -0.850. The molecule has 90 valence electrons. The first-order valence-corrected chi connectivity index (χ1v) is 4.84. The molecule has 3 N–H and O–H groups in total. The van der Waals surface area contributed by atoms with Gasteiger partial charge in [-0.25, -0.2) is 4.98 Å². The summed E-state index contributed by atoms with van der Waals surface area (Å²) in [4.78, 5) is 3.23. The summed E-state index contributed by atoms with van der Waals surface area (Å²) in [5, 5.41) is 8.37. The van der Waals surface area contributed by atoms with E-state index in [4.69, 9.17) is 22.4 Å². The summed E-state index contributed by atoms with van der Waals surface area (Å²) >= 11 is 5.59. The molecule has 7 heteroatoms. The molecule has 0 spiro atoms. The Kier molecular flexibility index (Phi) is 4.12. The highest BCUT2D eigenvalue weighted by molar-refractivity contribution is 6.30. The van der Waals surface area contributed by atoms with Crippen LogP contribution in [0.4, 0.5) is 13.2 Å². The summed E-state index contributed by atoms with van der Waals surface area (Å²) < 4.78 is 36.8. The second-order valence-electron chi connectivity index (χ2n) is 3.19. The number of hydrogen-bond donors (Lipinski definition) is 2. The summed E-state index contributed by atoms with van der Waals surface area (Å²) in [7, 11) is 0. The summed E-state index contributed by atoms with van der Waals surface area (Å²) in [5.74, 6) is 0. The van der Waals surface area contributed by atoms with Crippen molar-refractivity contribution in [2.45, 2.75) is 18.6 Å². The van der Waals surface area contributed by atoms with Gasteiger partial charge in [0.25, 0.3) is 0 Å². The molecule has 0 aliphatic rings. The number of aliphatic hydroxyl groups excluding tert-OH is 1. The largest absolute Gasteiger partial charge is 0.433 e. The maximum Gasteiger partial charge on any atom is 0.433 e. The van der Waals surface area contributed by atoms with Crippen LogP contribution in [0.2, 0.25) is 5.15 Å². The molecule has 1 heterocycles. The number of nitrogens with zero attached hydrogens (tertiary/aromatic N) is 1. The van der Waals surface area contributed by atoms with Gasteiger partial charge in [-0.3, -0.25) is 0 Å². The van der Waals surface area contributed by atoms with Gasteiger partial charge in [0.2, 0.25) is 0 Å². The van der Waals surface area contributed by atoms with Crippen LogP contribution in [-0.4, -0.2) is 16.7 Å². The van der Waals surface area contributed by atoms with Gasteiger partial charge in [0.05, 0.1) is 0 Å². The zero-order valence-corrected chi connectivity index (χ0v) is 8.89. The van der Waals surface area contributed by atoms with E-state index in [-0.39, 0.29) is 18.2 Å². The van der Waals surface area contributed by atoms with Crippen molar-refractivity contribution in [3.8, 4) is 0 Å². The minimum atomic E-state index is -4.52. The van der Waals surface area contributed by atoms with Crippen molar-refractivity contribution in [2.24, 2.45) is 5.73 Å². The zero-order valence-electron chi connectivity index (χ0n) is 8.13. The highest BCUT2D eigenvalue weighted by atomic mass is 35.5. The fourth-order valence-corrected chi connectivity index (χ4v) is 1.47. The molecule has 1 atom stereocenters. The third kappa shape index (κ3) is 3.07. The third-order valence-electron chi connectivity index (χ3n) is 2.01. The van der Waals surface area contributed by atoms with E-state index in [0.717, 1.165) is 6.07 Å². The van der Waals surface area contributed by atoms with E-state index in [0.29, 0.717) is 5.56 Å². The summed E-state index contributed by atoms with van der Waals surface area (Å²) in [6.45, 7) is -0.168. The molecule has 0 aromatic carbocycles. The van der Waals surface area contributed by atoms with Gasteiger partial charge >= 0.3 is 6.18 Å². The number of nitrogens with two attached hydrogens (primary N) is 1. The molecule has 0 saturated carbocycles. The van der Waals surface area contributed by atoms with E-state index in [1.54, 1.807) is 0 Å². The van der Waals surface area contributed by atoms with Crippen molar-refractivity contribution in [1.82, 2.24) is 4.98 Å². The van der Waals surface area contributed by atoms with Crippen LogP contribution in [0.5, 0.6) is 0 Å². The Bertz CT molecular complexity index is 370. The minimum absolute atomic E-state index is 0.168. The molecule has 0 radical (unpaired) electrons. The number of aliphatic hydroxyl groups is 1. The molecule has 0 saturated heterocycles. The predicted molar refractivity (Wildman–Crippen MR) is 52.9 cm³/mol. The van der Waals surface area contributed by atoms with Crippen LogP contribution in [0.15, 0.2) is 12.1 Å². The van der Waals surface area contributed by atoms with Gasteiger partial charge in [-0.05, 0) is 12.5 Å². The molecule has 0 amide bonds. The van der Waals surface area contributed by atoms with Gasteiger partial charge < -0.3 is 10.8 Å². The number of halogens is 4. The molecule has 1 aromatic heterocycles. The molecule has 0 fully saturated rings. The number of aromatic nitrogens is 1. The molecule has 3 nitrogen and oxygen atoms in total. The lowest BCUT2D eigenvalue weighted by Crippen LogP contribution is -2.15. The lowest BCUT2D eigenvalue weighted by Gasteiger charge is -2.13. The molecular formula is C9H10ClF3N2O. The van der Waals surface area contributed by atoms with Crippen molar-refractivity contribution in [3.63, 3.8) is 0 Å². The summed E-state index contributed by atoms with van der Waals surface area (Å²) in [6.07, 6.45) is -4.31. The standard InChI is InChI=1S/C9H10ClF3N2O/c10-8-5(6(14)3-4-16)1-2-7(15-8)9(11,12)13/h1-2,6,16H,3-4,14H2. The Labute approximate surface area is 95.0 Å². The van der Waals surface area contributed by atoms with Crippen LogP contribution >= 0.6 is 11.6 Å². The fraction of sp³-hybridized carbons (Fsp3) is 0.444. The molecule has 0 aliphatic heterocycles. The van der Waals surface area contributed by atoms with Crippen LogP contribution < -0.4 is 5.73 Å². The van der Waals surface area contributed by atoms with E-state index in [1.165, 1.54) is 6.07 Å². The highest BCUT2D eigenvalue weighted by Gasteiger charge is 2.33. The minimum Gasteiger partial charge on any atom is -0.396 e. The first-order valence-electron chi connectivity index (χ1n) is 4.46. The Morgan fingerprint density at radius 2 is 2.06 bits per heavy atom. The van der Waals surface area contributed by atoms with Gasteiger partial charge in [0.15, 0.2) is 0 Å². The predicted octanol–water partition coefficient (Wildman–Crippen LogP) is 2.14. The Balaban J connectivity index is 3.00. The van der Waals surface area contributed by atoms with Gasteiger partial charge in [-0.1, -0.05) is 17.7 Å². The zero-order chi connectivity index (χ0) is 12.3. The first-order chi connectivity index (χ1) is 7.36. The van der Waals surface area contributed by atoms with Gasteiger partial charge in [-0.15, -0.1) is 0 Å². The fourth-order valence-electron chi connectivity index (χ4n) is 1.17. The normalized spacial score (nSPS) is 13.9. The van der Waals surface area contributed by atoms with Crippen molar-refractivity contribution >= 4 is 11.6 Å². The van der Waals surface area contributed by atoms with Gasteiger partial charge in [-0.2, -0.15) is 13.2 Å². The van der Waals surface area contributed by atoms with E-state index in [2.05, 4.69) is 4.98 Å². The number of rotatable bonds is 3. The van der Waals surface area contributed by atoms with Crippen molar-refractivity contribution in [2.75, 3.05) is 6.61 Å². The van der Waals surface area contributed by atoms with E-state index in [9.17, 15) is 13.2 Å². The van der Waals surface area contributed by atoms with Gasteiger partial charge in [0.1, 0.15) is 10.8 Å². The lowest BCUT2D eigenvalue weighted by atomic mass is 10.1. The first kappa shape index (κ1) is 13.2. The van der Waals surface area contributed by atoms with Crippen molar-refractivity contribution in [3.05, 3.63) is 28.5 Å².